The van der Waals surface area contributed by atoms with Gasteiger partial charge in [0.05, 0.1) is 16.7 Å². The van der Waals surface area contributed by atoms with Gasteiger partial charge in [0, 0.05) is 27.5 Å². The summed E-state index contributed by atoms with van der Waals surface area (Å²) in [5, 5.41) is 9.91. The summed E-state index contributed by atoms with van der Waals surface area (Å²) in [6, 6.07) is 57.0. The largest absolute Gasteiger partial charge is 0.456 e. The third-order valence-electron chi connectivity index (χ3n) is 11.9. The topological polar surface area (TPSA) is 30.4 Å². The van der Waals surface area contributed by atoms with E-state index in [4.69, 9.17) is 9.41 Å². The van der Waals surface area contributed by atoms with Crippen LogP contribution in [-0.4, -0.2) is 10.3 Å². The highest BCUT2D eigenvalue weighted by atomic mass is 16.3. The Morgan fingerprint density at radius 1 is 0.472 bits per heavy atom. The lowest BCUT2D eigenvalue weighted by molar-refractivity contribution is 0.327. The minimum atomic E-state index is -0.141. The molecule has 0 saturated heterocycles. The fourth-order valence-corrected chi connectivity index (χ4v) is 9.12. The first-order chi connectivity index (χ1) is 26.1. The number of aliphatic imine (C=N–C) groups is 1. The lowest BCUT2D eigenvalue weighted by Gasteiger charge is -2.29. The molecule has 0 N–H and O–H groups in total. The monoisotopic (exact) mass is 680 g/mol. The molecule has 1 aliphatic heterocycles. The zero-order chi connectivity index (χ0) is 35.2. The molecular weight excluding hydrogens is 645 g/mol. The van der Waals surface area contributed by atoms with Crippen LogP contribution >= 0.6 is 0 Å². The maximum Gasteiger partial charge on any atom is 0.136 e. The summed E-state index contributed by atoms with van der Waals surface area (Å²) < 4.78 is 8.97. The Bertz CT molecular complexity index is 3090. The number of allylic oxidation sites excluding steroid dienone is 2. The van der Waals surface area contributed by atoms with Crippen molar-refractivity contribution in [2.75, 3.05) is 0 Å². The average Bonchev–Trinajstić information content (AvgIpc) is 3.72. The molecule has 0 aliphatic carbocycles. The summed E-state index contributed by atoms with van der Waals surface area (Å²) >= 11 is 0. The second-order valence-corrected chi connectivity index (χ2v) is 14.7. The Kier molecular flexibility index (Phi) is 6.57. The van der Waals surface area contributed by atoms with E-state index >= 15 is 0 Å². The lowest BCUT2D eigenvalue weighted by atomic mass is 9.82. The van der Waals surface area contributed by atoms with Gasteiger partial charge in [-0.15, -0.1) is 0 Å². The summed E-state index contributed by atoms with van der Waals surface area (Å²) in [5.74, 6) is 0.406. The molecule has 3 heterocycles. The average molecular weight is 681 g/mol. The van der Waals surface area contributed by atoms with Gasteiger partial charge in [0.25, 0.3) is 0 Å². The van der Waals surface area contributed by atoms with Gasteiger partial charge in [-0.3, -0.25) is 4.99 Å². The van der Waals surface area contributed by atoms with Gasteiger partial charge in [0.1, 0.15) is 17.3 Å². The molecule has 53 heavy (non-hydrogen) atoms. The molecule has 252 valence electrons. The lowest BCUT2D eigenvalue weighted by Crippen LogP contribution is -2.21. The highest BCUT2D eigenvalue weighted by Gasteiger charge is 2.33. The Hall–Kier alpha value is -6.45. The normalized spacial score (nSPS) is 18.0. The van der Waals surface area contributed by atoms with Crippen molar-refractivity contribution in [1.82, 2.24) is 4.57 Å². The van der Waals surface area contributed by atoms with E-state index in [1.165, 1.54) is 65.6 Å². The van der Waals surface area contributed by atoms with Crippen LogP contribution in [0.1, 0.15) is 31.1 Å². The van der Waals surface area contributed by atoms with Crippen molar-refractivity contribution in [3.05, 3.63) is 175 Å². The van der Waals surface area contributed by atoms with Gasteiger partial charge in [0.2, 0.25) is 0 Å². The number of rotatable bonds is 4. The van der Waals surface area contributed by atoms with Crippen LogP contribution < -0.4 is 0 Å². The van der Waals surface area contributed by atoms with Gasteiger partial charge in [-0.1, -0.05) is 135 Å². The minimum Gasteiger partial charge on any atom is -0.456 e. The van der Waals surface area contributed by atoms with Gasteiger partial charge >= 0.3 is 0 Å². The number of hydrogen-bond donors (Lipinski definition) is 0. The van der Waals surface area contributed by atoms with Crippen molar-refractivity contribution in [2.45, 2.75) is 20.0 Å². The Morgan fingerprint density at radius 3 is 1.79 bits per heavy atom. The number of para-hydroxylation sites is 1. The van der Waals surface area contributed by atoms with E-state index in [2.05, 4.69) is 176 Å². The molecule has 0 amide bonds. The standard InChI is InChI=1S/C50H36N2O/c1-30-31(2)50(51-43(33-16-7-4-8-17-33)28-39(30)35-19-11-18-34(26-35)32-14-5-3-6-15-32)52-44-23-12-21-37-40-27-42-36-20-9-10-25-46(36)53-47(42)29-41(40)38-22-13-24-45(52)49(38)48(37)44/h3-31,50H,1-2H3. The zero-order valence-corrected chi connectivity index (χ0v) is 29.6. The molecule has 3 nitrogen and oxygen atoms in total. The molecule has 0 bridgehead atoms. The maximum absolute atomic E-state index is 6.42. The predicted molar refractivity (Wildman–Crippen MR) is 223 cm³/mol. The number of aromatic nitrogens is 1. The van der Waals surface area contributed by atoms with E-state index in [1.54, 1.807) is 0 Å². The molecule has 1 aliphatic rings. The highest BCUT2D eigenvalue weighted by Crippen LogP contribution is 2.48. The number of furan rings is 1. The molecule has 3 unspecified atom stereocenters. The molecule has 8 aromatic carbocycles. The molecular formula is C50H36N2O. The minimum absolute atomic E-state index is 0.141. The van der Waals surface area contributed by atoms with Crippen LogP contribution in [0.3, 0.4) is 0 Å². The summed E-state index contributed by atoms with van der Waals surface area (Å²) in [6.07, 6.45) is 2.22. The first-order valence-electron chi connectivity index (χ1n) is 18.6. The van der Waals surface area contributed by atoms with E-state index in [0.29, 0.717) is 0 Å². The smallest absolute Gasteiger partial charge is 0.136 e. The van der Waals surface area contributed by atoms with Gasteiger partial charge in [-0.05, 0) is 97.8 Å². The summed E-state index contributed by atoms with van der Waals surface area (Å²) in [5.41, 5.74) is 11.4. The molecule has 0 spiro atoms. The number of nitrogens with zero attached hydrogens (tertiary/aromatic N) is 2. The maximum atomic E-state index is 6.42. The molecule has 3 atom stereocenters. The van der Waals surface area contributed by atoms with Gasteiger partial charge in [0.15, 0.2) is 0 Å². The first-order valence-corrected chi connectivity index (χ1v) is 18.6. The summed E-state index contributed by atoms with van der Waals surface area (Å²) in [4.78, 5) is 5.76. The SMILES string of the molecule is CC1C(c2cccc(-c3ccccc3)c2)=CC(c2ccccc2)=NC(n2c3cccc4c5cc6oc7ccccc7c6cc5c5cccc2c5c43)C1C. The van der Waals surface area contributed by atoms with E-state index in [-0.39, 0.29) is 18.0 Å². The quantitative estimate of drug-likeness (QED) is 0.170. The van der Waals surface area contributed by atoms with Crippen molar-refractivity contribution in [1.29, 1.82) is 0 Å². The number of fused-ring (bicyclic) bond motifs is 6. The van der Waals surface area contributed by atoms with Crippen LogP contribution in [-0.2, 0) is 0 Å². The van der Waals surface area contributed by atoms with Gasteiger partial charge in [-0.25, -0.2) is 0 Å². The number of hydrogen-bond acceptors (Lipinski definition) is 2. The molecule has 0 radical (unpaired) electrons. The predicted octanol–water partition coefficient (Wildman–Crippen LogP) is 13.5. The highest BCUT2D eigenvalue weighted by molar-refractivity contribution is 6.35. The zero-order valence-electron chi connectivity index (χ0n) is 29.6. The summed E-state index contributed by atoms with van der Waals surface area (Å²) in [7, 11) is 0. The van der Waals surface area contributed by atoms with E-state index in [0.717, 1.165) is 33.2 Å². The van der Waals surface area contributed by atoms with Gasteiger partial charge < -0.3 is 8.98 Å². The Labute approximate surface area is 307 Å². The molecule has 11 rings (SSSR count). The fraction of sp³-hybridized carbons (Fsp3) is 0.100. The number of benzene rings is 8. The van der Waals surface area contributed by atoms with Crippen molar-refractivity contribution < 1.29 is 4.42 Å². The van der Waals surface area contributed by atoms with Crippen molar-refractivity contribution in [2.24, 2.45) is 16.8 Å². The van der Waals surface area contributed by atoms with E-state index < -0.39 is 0 Å². The van der Waals surface area contributed by atoms with Crippen LogP contribution in [0.25, 0.3) is 82.0 Å². The van der Waals surface area contributed by atoms with Crippen molar-refractivity contribution in [3.63, 3.8) is 0 Å². The van der Waals surface area contributed by atoms with Crippen molar-refractivity contribution >= 4 is 76.6 Å². The van der Waals surface area contributed by atoms with Crippen LogP contribution in [0.2, 0.25) is 0 Å². The molecule has 10 aromatic rings. The molecule has 3 heteroatoms. The second kappa shape index (κ2) is 11.5. The third-order valence-corrected chi connectivity index (χ3v) is 11.9. The molecule has 0 fully saturated rings. The van der Waals surface area contributed by atoms with Crippen LogP contribution in [0, 0.1) is 11.8 Å². The Balaban J connectivity index is 1.15. The molecule has 0 saturated carbocycles. The van der Waals surface area contributed by atoms with Crippen LogP contribution in [0.4, 0.5) is 0 Å². The van der Waals surface area contributed by atoms with Gasteiger partial charge in [-0.2, -0.15) is 0 Å². The first kappa shape index (κ1) is 30.2. The summed E-state index contributed by atoms with van der Waals surface area (Å²) in [6.45, 7) is 4.78. The molecule has 2 aromatic heterocycles. The van der Waals surface area contributed by atoms with Crippen molar-refractivity contribution in [3.8, 4) is 11.1 Å². The van der Waals surface area contributed by atoms with E-state index in [1.807, 2.05) is 6.07 Å². The van der Waals surface area contributed by atoms with E-state index in [9.17, 15) is 0 Å². The second-order valence-electron chi connectivity index (χ2n) is 14.7. The van der Waals surface area contributed by atoms with Crippen LogP contribution in [0.15, 0.2) is 173 Å². The Morgan fingerprint density at radius 2 is 1.06 bits per heavy atom. The fourth-order valence-electron chi connectivity index (χ4n) is 9.12. The van der Waals surface area contributed by atoms with Crippen LogP contribution in [0.5, 0.6) is 0 Å². The third kappa shape index (κ3) is 4.50.